The van der Waals surface area contributed by atoms with Crippen LogP contribution in [0.15, 0.2) is 36.9 Å². The van der Waals surface area contributed by atoms with Crippen molar-refractivity contribution < 1.29 is 9.18 Å². The Morgan fingerprint density at radius 2 is 2.12 bits per heavy atom. The highest BCUT2D eigenvalue weighted by Crippen LogP contribution is 2.18. The molecule has 1 aromatic heterocycles. The number of hydrogen-bond donors (Lipinski definition) is 0. The van der Waals surface area contributed by atoms with Crippen LogP contribution in [0.5, 0.6) is 0 Å². The van der Waals surface area contributed by atoms with Crippen molar-refractivity contribution in [3.05, 3.63) is 48.3 Å². The second kappa shape index (κ2) is 8.20. The molecule has 7 heteroatoms. The number of rotatable bonds is 6. The van der Waals surface area contributed by atoms with Crippen LogP contribution in [0, 0.1) is 5.82 Å². The predicted octanol–water partition coefficient (Wildman–Crippen LogP) is 1.93. The van der Waals surface area contributed by atoms with E-state index in [1.54, 1.807) is 30.4 Å². The van der Waals surface area contributed by atoms with E-state index in [0.29, 0.717) is 19.1 Å². The summed E-state index contributed by atoms with van der Waals surface area (Å²) in [6.45, 7) is 2.57. The van der Waals surface area contributed by atoms with E-state index in [1.807, 2.05) is 4.68 Å². The van der Waals surface area contributed by atoms with Gasteiger partial charge in [0.1, 0.15) is 18.5 Å². The quantitative estimate of drug-likeness (QED) is 0.803. The fraction of sp³-hybridized carbons (Fsp3) is 0.500. The first-order valence-electron chi connectivity index (χ1n) is 8.66. The van der Waals surface area contributed by atoms with Gasteiger partial charge in [-0.25, -0.2) is 9.37 Å². The molecule has 134 valence electrons. The summed E-state index contributed by atoms with van der Waals surface area (Å²) in [6, 6.07) is 6.58. The summed E-state index contributed by atoms with van der Waals surface area (Å²) in [5.74, 6) is -0.184. The summed E-state index contributed by atoms with van der Waals surface area (Å²) in [5, 5.41) is 4.17. The van der Waals surface area contributed by atoms with Gasteiger partial charge in [-0.2, -0.15) is 5.10 Å². The molecule has 0 unspecified atom stereocenters. The maximum atomic E-state index is 13.0. The Hall–Kier alpha value is -2.28. The fourth-order valence-electron chi connectivity index (χ4n) is 3.26. The van der Waals surface area contributed by atoms with Crippen molar-refractivity contribution in [3.8, 4) is 0 Å². The zero-order chi connectivity index (χ0) is 17.6. The number of halogens is 1. The average Bonchev–Trinajstić information content (AvgIpc) is 3.11. The molecule has 1 saturated heterocycles. The molecule has 0 spiro atoms. The Morgan fingerprint density at radius 1 is 1.32 bits per heavy atom. The highest BCUT2D eigenvalue weighted by molar-refractivity contribution is 5.78. The normalized spacial score (nSPS) is 18.2. The summed E-state index contributed by atoms with van der Waals surface area (Å²) >= 11 is 0. The van der Waals surface area contributed by atoms with Crippen molar-refractivity contribution >= 4 is 5.91 Å². The zero-order valence-electron chi connectivity index (χ0n) is 14.5. The highest BCUT2D eigenvalue weighted by atomic mass is 19.1. The van der Waals surface area contributed by atoms with E-state index < -0.39 is 0 Å². The fourth-order valence-corrected chi connectivity index (χ4v) is 3.26. The first-order chi connectivity index (χ1) is 12.1. The number of benzene rings is 1. The molecule has 1 aromatic carbocycles. The van der Waals surface area contributed by atoms with Crippen molar-refractivity contribution in [2.24, 2.45) is 0 Å². The Bertz CT molecular complexity index is 673. The van der Waals surface area contributed by atoms with E-state index in [9.17, 15) is 9.18 Å². The number of carbonyl (C=O) groups is 1. The van der Waals surface area contributed by atoms with Crippen LogP contribution in [0.1, 0.15) is 24.8 Å². The standard InChI is InChI=1S/C18H24FN5O/c1-22(10-15-5-7-16(19)8-6-15)18(25)12-23-9-3-2-4-17(23)11-24-14-20-13-21-24/h5-8,13-14,17H,2-4,9-12H2,1H3/t17-/m1/s1. The molecule has 1 fully saturated rings. The SMILES string of the molecule is CN(Cc1ccc(F)cc1)C(=O)CN1CCCC[C@@H]1Cn1cncn1. The smallest absolute Gasteiger partial charge is 0.236 e. The number of likely N-dealkylation sites (tertiary alicyclic amines) is 1. The van der Waals surface area contributed by atoms with Crippen LogP contribution in [-0.2, 0) is 17.9 Å². The zero-order valence-corrected chi connectivity index (χ0v) is 14.5. The second-order valence-corrected chi connectivity index (χ2v) is 6.61. The molecule has 2 heterocycles. The Morgan fingerprint density at radius 3 is 2.84 bits per heavy atom. The number of nitrogens with zero attached hydrogens (tertiary/aromatic N) is 5. The molecule has 1 aliphatic heterocycles. The third kappa shape index (κ3) is 4.85. The molecule has 0 N–H and O–H groups in total. The van der Waals surface area contributed by atoms with E-state index in [2.05, 4.69) is 15.0 Å². The minimum absolute atomic E-state index is 0.0785. The topological polar surface area (TPSA) is 54.3 Å². The van der Waals surface area contributed by atoms with Crippen LogP contribution in [0.25, 0.3) is 0 Å². The predicted molar refractivity (Wildman–Crippen MR) is 92.1 cm³/mol. The van der Waals surface area contributed by atoms with Gasteiger partial charge >= 0.3 is 0 Å². The van der Waals surface area contributed by atoms with Crippen molar-refractivity contribution in [1.29, 1.82) is 0 Å². The van der Waals surface area contributed by atoms with Crippen LogP contribution in [0.3, 0.4) is 0 Å². The Labute approximate surface area is 147 Å². The van der Waals surface area contributed by atoms with Crippen molar-refractivity contribution in [2.75, 3.05) is 20.1 Å². The number of aromatic nitrogens is 3. The molecule has 1 aliphatic rings. The summed E-state index contributed by atoms with van der Waals surface area (Å²) < 4.78 is 14.8. The number of hydrogen-bond acceptors (Lipinski definition) is 4. The van der Waals surface area contributed by atoms with Gasteiger partial charge in [-0.15, -0.1) is 0 Å². The lowest BCUT2D eigenvalue weighted by atomic mass is 10.0. The monoisotopic (exact) mass is 345 g/mol. The van der Waals surface area contributed by atoms with Crippen LogP contribution in [0.2, 0.25) is 0 Å². The van der Waals surface area contributed by atoms with Gasteiger partial charge in [0, 0.05) is 19.6 Å². The molecule has 3 rings (SSSR count). The van der Waals surface area contributed by atoms with Crippen LogP contribution in [-0.4, -0.2) is 56.7 Å². The second-order valence-electron chi connectivity index (χ2n) is 6.61. The van der Waals surface area contributed by atoms with Gasteiger partial charge in [-0.3, -0.25) is 14.4 Å². The average molecular weight is 345 g/mol. The lowest BCUT2D eigenvalue weighted by Gasteiger charge is -2.36. The van der Waals surface area contributed by atoms with Gasteiger partial charge in [0.15, 0.2) is 0 Å². The molecule has 6 nitrogen and oxygen atoms in total. The number of piperidine rings is 1. The third-order valence-electron chi connectivity index (χ3n) is 4.71. The molecule has 1 amide bonds. The Balaban J connectivity index is 1.56. The maximum absolute atomic E-state index is 13.0. The summed E-state index contributed by atoms with van der Waals surface area (Å²) in [6.07, 6.45) is 6.61. The van der Waals surface area contributed by atoms with E-state index in [1.165, 1.54) is 24.9 Å². The first-order valence-corrected chi connectivity index (χ1v) is 8.66. The minimum atomic E-state index is -0.262. The van der Waals surface area contributed by atoms with Gasteiger partial charge in [0.05, 0.1) is 13.1 Å². The lowest BCUT2D eigenvalue weighted by molar-refractivity contribution is -0.132. The molecule has 2 aromatic rings. The van der Waals surface area contributed by atoms with Gasteiger partial charge in [-0.1, -0.05) is 18.6 Å². The number of likely N-dealkylation sites (N-methyl/N-ethyl adjacent to an activating group) is 1. The van der Waals surface area contributed by atoms with E-state index in [0.717, 1.165) is 31.5 Å². The first kappa shape index (κ1) is 17.5. The molecule has 25 heavy (non-hydrogen) atoms. The molecule has 0 aliphatic carbocycles. The highest BCUT2D eigenvalue weighted by Gasteiger charge is 2.26. The van der Waals surface area contributed by atoms with Gasteiger partial charge in [-0.05, 0) is 37.1 Å². The van der Waals surface area contributed by atoms with Crippen LogP contribution >= 0.6 is 0 Å². The van der Waals surface area contributed by atoms with E-state index >= 15 is 0 Å². The molecule has 0 radical (unpaired) electrons. The maximum Gasteiger partial charge on any atom is 0.236 e. The van der Waals surface area contributed by atoms with Crippen molar-refractivity contribution in [1.82, 2.24) is 24.6 Å². The van der Waals surface area contributed by atoms with E-state index in [4.69, 9.17) is 0 Å². The number of carbonyl (C=O) groups excluding carboxylic acids is 1. The van der Waals surface area contributed by atoms with Gasteiger partial charge in [0.25, 0.3) is 0 Å². The number of amides is 1. The summed E-state index contributed by atoms with van der Waals surface area (Å²) in [4.78, 5) is 20.5. The molecular formula is C18H24FN5O. The van der Waals surface area contributed by atoms with E-state index in [-0.39, 0.29) is 11.7 Å². The molecule has 0 saturated carbocycles. The molecule has 1 atom stereocenters. The minimum Gasteiger partial charge on any atom is -0.340 e. The lowest BCUT2D eigenvalue weighted by Crippen LogP contribution is -2.47. The summed E-state index contributed by atoms with van der Waals surface area (Å²) in [7, 11) is 1.79. The Kier molecular flexibility index (Phi) is 5.75. The van der Waals surface area contributed by atoms with Gasteiger partial charge in [0.2, 0.25) is 5.91 Å². The van der Waals surface area contributed by atoms with Crippen molar-refractivity contribution in [3.63, 3.8) is 0 Å². The van der Waals surface area contributed by atoms with Crippen molar-refractivity contribution in [2.45, 2.75) is 38.4 Å². The third-order valence-corrected chi connectivity index (χ3v) is 4.71. The summed E-state index contributed by atoms with van der Waals surface area (Å²) in [5.41, 5.74) is 0.926. The largest absolute Gasteiger partial charge is 0.340 e. The van der Waals surface area contributed by atoms with Crippen LogP contribution < -0.4 is 0 Å². The molecule has 0 bridgehead atoms. The molecular weight excluding hydrogens is 321 g/mol. The van der Waals surface area contributed by atoms with Crippen LogP contribution in [0.4, 0.5) is 4.39 Å². The van der Waals surface area contributed by atoms with Gasteiger partial charge < -0.3 is 4.90 Å².